The van der Waals surface area contributed by atoms with E-state index in [0.29, 0.717) is 23.5 Å². The molecule has 5 atom stereocenters. The van der Waals surface area contributed by atoms with Crippen molar-refractivity contribution >= 4 is 11.9 Å². The summed E-state index contributed by atoms with van der Waals surface area (Å²) in [6.45, 7) is 3.85. The van der Waals surface area contributed by atoms with Crippen LogP contribution in [0.1, 0.15) is 44.2 Å². The second-order valence-corrected chi connectivity index (χ2v) is 8.43. The molecule has 27 heavy (non-hydrogen) atoms. The number of carbonyl (C=O) groups excluding carboxylic acids is 2. The molecule has 2 heterocycles. The van der Waals surface area contributed by atoms with Crippen molar-refractivity contribution in [2.75, 3.05) is 13.6 Å². The van der Waals surface area contributed by atoms with Gasteiger partial charge in [-0.2, -0.15) is 0 Å². The molecule has 5 rings (SSSR count). The zero-order chi connectivity index (χ0) is 18.9. The summed E-state index contributed by atoms with van der Waals surface area (Å²) in [6.07, 6.45) is 3.32. The van der Waals surface area contributed by atoms with Gasteiger partial charge in [0.05, 0.1) is 0 Å². The summed E-state index contributed by atoms with van der Waals surface area (Å²) in [6, 6.07) is 4.41. The van der Waals surface area contributed by atoms with Crippen LogP contribution in [0, 0.1) is 5.92 Å². The molecular weight excluding hydrogens is 346 g/mol. The normalized spacial score (nSPS) is 35.8. The second-order valence-electron chi connectivity index (χ2n) is 8.43. The number of hydrogen-bond donors (Lipinski definition) is 0. The smallest absolute Gasteiger partial charge is 0.308 e. The minimum absolute atomic E-state index is 0.158. The van der Waals surface area contributed by atoms with E-state index in [4.69, 9.17) is 14.2 Å². The number of carbonyl (C=O) groups is 2. The van der Waals surface area contributed by atoms with Gasteiger partial charge in [-0.1, -0.05) is 6.07 Å². The van der Waals surface area contributed by atoms with E-state index in [1.165, 1.54) is 25.0 Å². The van der Waals surface area contributed by atoms with E-state index in [1.807, 2.05) is 6.07 Å². The van der Waals surface area contributed by atoms with Gasteiger partial charge in [-0.3, -0.25) is 9.59 Å². The minimum atomic E-state index is -0.354. The maximum atomic E-state index is 11.7. The third-order valence-corrected chi connectivity index (χ3v) is 7.10. The van der Waals surface area contributed by atoms with Crippen LogP contribution in [-0.2, 0) is 26.2 Å². The van der Waals surface area contributed by atoms with Crippen molar-refractivity contribution in [2.24, 2.45) is 5.92 Å². The summed E-state index contributed by atoms with van der Waals surface area (Å²) in [5.74, 6) is 1.03. The van der Waals surface area contributed by atoms with Crippen LogP contribution in [0.25, 0.3) is 0 Å². The highest BCUT2D eigenvalue weighted by Gasteiger charge is 2.66. The number of rotatable bonds is 2. The topological polar surface area (TPSA) is 65.1 Å². The molecule has 0 radical (unpaired) electrons. The molecule has 1 aromatic rings. The summed E-state index contributed by atoms with van der Waals surface area (Å²) < 4.78 is 17.7. The number of esters is 2. The van der Waals surface area contributed by atoms with E-state index in [2.05, 4.69) is 18.0 Å². The van der Waals surface area contributed by atoms with E-state index in [-0.39, 0.29) is 29.6 Å². The summed E-state index contributed by atoms with van der Waals surface area (Å²) in [5, 5.41) is 0. The molecule has 0 aromatic heterocycles. The average molecular weight is 371 g/mol. The van der Waals surface area contributed by atoms with Crippen molar-refractivity contribution in [3.63, 3.8) is 0 Å². The summed E-state index contributed by atoms with van der Waals surface area (Å²) >= 11 is 0. The van der Waals surface area contributed by atoms with Crippen molar-refractivity contribution in [1.82, 2.24) is 4.90 Å². The molecule has 6 nitrogen and oxygen atoms in total. The third kappa shape index (κ3) is 2.22. The number of piperidine rings is 1. The molecule has 4 aliphatic rings. The SMILES string of the molecule is CC(=O)Oc1ccc2c3c1O[C@H]1[C@@H](OC(C)=O)CC[C@H]4[C@@H](C2)N(C)CC[C@@]341. The molecule has 2 aliphatic heterocycles. The lowest BCUT2D eigenvalue weighted by molar-refractivity contribution is -0.163. The number of benzene rings is 1. The highest BCUT2D eigenvalue weighted by Crippen LogP contribution is 2.64. The minimum Gasteiger partial charge on any atom is -0.481 e. The van der Waals surface area contributed by atoms with Crippen molar-refractivity contribution in [3.05, 3.63) is 23.3 Å². The lowest BCUT2D eigenvalue weighted by Gasteiger charge is -2.58. The van der Waals surface area contributed by atoms with Crippen molar-refractivity contribution in [3.8, 4) is 11.5 Å². The van der Waals surface area contributed by atoms with Crippen LogP contribution in [-0.4, -0.2) is 48.7 Å². The fourth-order valence-electron chi connectivity index (χ4n) is 6.25. The van der Waals surface area contributed by atoms with Gasteiger partial charge in [0.2, 0.25) is 0 Å². The Morgan fingerprint density at radius 1 is 1.22 bits per heavy atom. The Bertz CT molecular complexity index is 836. The third-order valence-electron chi connectivity index (χ3n) is 7.10. The molecule has 1 aromatic carbocycles. The Morgan fingerprint density at radius 3 is 2.78 bits per heavy atom. The van der Waals surface area contributed by atoms with Gasteiger partial charge in [0, 0.05) is 30.9 Å². The molecule has 2 aliphatic carbocycles. The molecule has 6 heteroatoms. The highest BCUT2D eigenvalue weighted by atomic mass is 16.6. The predicted molar refractivity (Wildman–Crippen MR) is 96.9 cm³/mol. The fraction of sp³-hybridized carbons (Fsp3) is 0.619. The second kappa shape index (κ2) is 5.71. The Morgan fingerprint density at radius 2 is 2.04 bits per heavy atom. The Balaban J connectivity index is 1.69. The van der Waals surface area contributed by atoms with Crippen LogP contribution < -0.4 is 9.47 Å². The molecule has 0 amide bonds. The lowest BCUT2D eigenvalue weighted by Crippen LogP contribution is -2.66. The molecule has 2 bridgehead atoms. The molecule has 1 saturated heterocycles. The standard InChI is InChI=1S/C21H25NO5/c1-11(23)25-16-6-4-13-10-15-14-5-7-17(26-12(2)24)20-21(14,8-9-22(15)3)18(13)19(16)27-20/h4,6,14-15,17,20H,5,7-10H2,1-3H3/t14-,15+,17-,20-,21-/m0/s1. The van der Waals surface area contributed by atoms with Crippen LogP contribution >= 0.6 is 0 Å². The number of likely N-dealkylation sites (N-methyl/N-ethyl adjacent to an activating group) is 1. The molecule has 0 unspecified atom stereocenters. The van der Waals surface area contributed by atoms with Crippen LogP contribution in [0.5, 0.6) is 11.5 Å². The Labute approximate surface area is 158 Å². The number of likely N-dealkylation sites (tertiary alicyclic amines) is 1. The monoisotopic (exact) mass is 371 g/mol. The van der Waals surface area contributed by atoms with Gasteiger partial charge in [-0.15, -0.1) is 0 Å². The van der Waals surface area contributed by atoms with Crippen LogP contribution in [0.2, 0.25) is 0 Å². The fourth-order valence-corrected chi connectivity index (χ4v) is 6.25. The zero-order valence-corrected chi connectivity index (χ0v) is 16.0. The highest BCUT2D eigenvalue weighted by molar-refractivity contribution is 5.72. The van der Waals surface area contributed by atoms with Gasteiger partial charge in [0.15, 0.2) is 11.5 Å². The zero-order valence-electron chi connectivity index (χ0n) is 16.0. The quantitative estimate of drug-likeness (QED) is 0.587. The van der Waals surface area contributed by atoms with E-state index in [9.17, 15) is 9.59 Å². The Hall–Kier alpha value is -2.08. The first-order chi connectivity index (χ1) is 12.9. The van der Waals surface area contributed by atoms with Crippen molar-refractivity contribution in [1.29, 1.82) is 0 Å². The summed E-state index contributed by atoms with van der Waals surface area (Å²) in [7, 11) is 2.21. The Kier molecular flexibility index (Phi) is 3.60. The molecular formula is C21H25NO5. The number of ether oxygens (including phenoxy) is 3. The molecule has 1 saturated carbocycles. The van der Waals surface area contributed by atoms with Gasteiger partial charge in [0.25, 0.3) is 0 Å². The molecule has 0 N–H and O–H groups in total. The summed E-state index contributed by atoms with van der Waals surface area (Å²) in [5.41, 5.74) is 2.33. The first-order valence-electron chi connectivity index (χ1n) is 9.80. The number of nitrogens with zero attached hydrogens (tertiary/aromatic N) is 1. The predicted octanol–water partition coefficient (Wildman–Crippen LogP) is 2.21. The largest absolute Gasteiger partial charge is 0.481 e. The summed E-state index contributed by atoms with van der Waals surface area (Å²) in [4.78, 5) is 25.8. The first-order valence-corrected chi connectivity index (χ1v) is 9.80. The maximum Gasteiger partial charge on any atom is 0.308 e. The molecule has 1 spiro atoms. The van der Waals surface area contributed by atoms with E-state index in [1.54, 1.807) is 0 Å². The van der Waals surface area contributed by atoms with Crippen LogP contribution in [0.3, 0.4) is 0 Å². The van der Waals surface area contributed by atoms with Crippen molar-refractivity contribution < 1.29 is 23.8 Å². The molecule has 2 fully saturated rings. The lowest BCUT2D eigenvalue weighted by atomic mass is 9.51. The van der Waals surface area contributed by atoms with Crippen molar-refractivity contribution in [2.45, 2.75) is 63.2 Å². The van der Waals surface area contributed by atoms with Gasteiger partial charge in [-0.25, -0.2) is 0 Å². The number of hydrogen-bond acceptors (Lipinski definition) is 6. The maximum absolute atomic E-state index is 11.7. The van der Waals surface area contributed by atoms with Crippen LogP contribution in [0.4, 0.5) is 0 Å². The van der Waals surface area contributed by atoms with E-state index >= 15 is 0 Å². The van der Waals surface area contributed by atoms with E-state index < -0.39 is 0 Å². The van der Waals surface area contributed by atoms with Gasteiger partial charge >= 0.3 is 11.9 Å². The van der Waals surface area contributed by atoms with E-state index in [0.717, 1.165) is 32.2 Å². The van der Waals surface area contributed by atoms with Gasteiger partial charge in [-0.05, 0) is 56.8 Å². The first kappa shape index (κ1) is 17.0. The van der Waals surface area contributed by atoms with Crippen LogP contribution in [0.15, 0.2) is 12.1 Å². The van der Waals surface area contributed by atoms with Gasteiger partial charge < -0.3 is 19.1 Å². The average Bonchev–Trinajstić information content (AvgIpc) is 2.95. The molecule has 144 valence electrons. The van der Waals surface area contributed by atoms with Gasteiger partial charge in [0.1, 0.15) is 12.2 Å².